The Kier molecular flexibility index (Phi) is 13.5. The van der Waals surface area contributed by atoms with Crippen LogP contribution in [0.15, 0.2) is 36.4 Å². The fourth-order valence-corrected chi connectivity index (χ4v) is 3.14. The van der Waals surface area contributed by atoms with Gasteiger partial charge in [-0.25, -0.2) is 9.59 Å². The summed E-state index contributed by atoms with van der Waals surface area (Å²) in [5.41, 5.74) is 14.7. The summed E-state index contributed by atoms with van der Waals surface area (Å²) in [5.74, 6) is -3.65. The van der Waals surface area contributed by atoms with E-state index in [0.29, 0.717) is 39.5 Å². The van der Waals surface area contributed by atoms with Crippen molar-refractivity contribution in [1.82, 2.24) is 9.97 Å². The lowest BCUT2D eigenvalue weighted by molar-refractivity contribution is -0.159. The number of aliphatic carboxylic acids is 2. The van der Waals surface area contributed by atoms with E-state index in [1.165, 1.54) is 0 Å². The molecule has 0 unspecified atom stereocenters. The zero-order valence-electron chi connectivity index (χ0n) is 20.1. The largest absolute Gasteiger partial charge is 0.473 e. The molecule has 12 nitrogen and oxygen atoms in total. The Balaban J connectivity index is 0.000000208. The van der Waals surface area contributed by atoms with Crippen molar-refractivity contribution in [3.05, 3.63) is 59.2 Å². The number of ether oxygens (including phenoxy) is 4. The maximum Gasteiger partial charge on any atom is 0.414 e. The van der Waals surface area contributed by atoms with Gasteiger partial charge in [0.25, 0.3) is 0 Å². The Bertz CT molecular complexity index is 858. The van der Waals surface area contributed by atoms with Gasteiger partial charge in [0, 0.05) is 26.3 Å². The van der Waals surface area contributed by atoms with E-state index in [0.717, 1.165) is 48.8 Å². The summed E-state index contributed by atoms with van der Waals surface area (Å²) in [6.07, 6.45) is 2.43. The minimum absolute atomic E-state index is 0.230. The summed E-state index contributed by atoms with van der Waals surface area (Å²) in [5, 5.41) is 14.8. The molecule has 36 heavy (non-hydrogen) atoms. The molecule has 0 spiro atoms. The Morgan fingerprint density at radius 1 is 0.778 bits per heavy atom. The van der Waals surface area contributed by atoms with E-state index in [9.17, 15) is 0 Å². The maximum atomic E-state index is 9.10. The van der Waals surface area contributed by atoms with Crippen LogP contribution in [0.25, 0.3) is 0 Å². The molecule has 2 aliphatic rings. The van der Waals surface area contributed by atoms with Crippen molar-refractivity contribution in [2.24, 2.45) is 11.5 Å². The van der Waals surface area contributed by atoms with Crippen LogP contribution >= 0.6 is 0 Å². The monoisotopic (exact) mass is 506 g/mol. The Labute approximate surface area is 209 Å². The number of rotatable bonds is 8. The molecule has 12 heteroatoms. The zero-order chi connectivity index (χ0) is 26.2. The third-order valence-corrected chi connectivity index (χ3v) is 5.04. The fraction of sp³-hybridized carbons (Fsp3) is 0.500. The molecule has 0 bridgehead atoms. The number of nitrogens with two attached hydrogens (primary N) is 2. The number of carboxylic acid groups (broad SMARTS) is 2. The minimum Gasteiger partial charge on any atom is -0.473 e. The first kappa shape index (κ1) is 29.2. The highest BCUT2D eigenvalue weighted by atomic mass is 16.5. The molecule has 2 aromatic rings. The maximum absolute atomic E-state index is 9.10. The molecule has 0 amide bonds. The number of aromatic nitrogens is 2. The standard InChI is InChI=1S/2C11H16N2O2.C2H2O4/c2*12-6-9-2-1-3-10(13-9)7-15-11-4-5-14-8-11;3-1(4)2(5)6/h2*1-3,11H,4-8,12H2;(H,3,4)(H,5,6)/t2*11-;/m00./s1. The molecule has 0 radical (unpaired) electrons. The molecule has 2 aromatic heterocycles. The summed E-state index contributed by atoms with van der Waals surface area (Å²) in [6.45, 7) is 5.06. The number of pyridine rings is 2. The first-order valence-corrected chi connectivity index (χ1v) is 11.6. The van der Waals surface area contributed by atoms with Crippen LogP contribution in [0.1, 0.15) is 35.6 Å². The van der Waals surface area contributed by atoms with Crippen LogP contribution in [0.5, 0.6) is 0 Å². The van der Waals surface area contributed by atoms with Crippen LogP contribution in [0.3, 0.4) is 0 Å². The second-order valence-electron chi connectivity index (χ2n) is 7.85. The topological polar surface area (TPSA) is 189 Å². The molecule has 2 saturated heterocycles. The van der Waals surface area contributed by atoms with E-state index in [1.807, 2.05) is 36.4 Å². The number of carbonyl (C=O) groups is 2. The molecule has 0 aliphatic carbocycles. The Morgan fingerprint density at radius 2 is 1.17 bits per heavy atom. The number of carboxylic acids is 2. The number of hydrogen-bond donors (Lipinski definition) is 4. The van der Waals surface area contributed by atoms with Crippen LogP contribution in [-0.2, 0) is 54.8 Å². The molecular formula is C24H34N4O8. The highest BCUT2D eigenvalue weighted by Gasteiger charge is 2.16. The number of nitrogens with zero attached hydrogens (tertiary/aromatic N) is 2. The molecule has 198 valence electrons. The molecule has 6 N–H and O–H groups in total. The summed E-state index contributed by atoms with van der Waals surface area (Å²) < 4.78 is 21.8. The second-order valence-corrected chi connectivity index (χ2v) is 7.85. The molecule has 2 aliphatic heterocycles. The smallest absolute Gasteiger partial charge is 0.414 e. The van der Waals surface area contributed by atoms with Crippen LogP contribution in [0, 0.1) is 0 Å². The van der Waals surface area contributed by atoms with Gasteiger partial charge in [-0.05, 0) is 37.1 Å². The van der Waals surface area contributed by atoms with Crippen LogP contribution < -0.4 is 11.5 Å². The lowest BCUT2D eigenvalue weighted by Gasteiger charge is -2.09. The third kappa shape index (κ3) is 11.6. The van der Waals surface area contributed by atoms with Gasteiger partial charge in [-0.3, -0.25) is 9.97 Å². The van der Waals surface area contributed by atoms with E-state index in [-0.39, 0.29) is 12.2 Å². The molecule has 2 fully saturated rings. The normalized spacial score (nSPS) is 18.5. The summed E-state index contributed by atoms with van der Waals surface area (Å²) >= 11 is 0. The van der Waals surface area contributed by atoms with Crippen molar-refractivity contribution in [3.63, 3.8) is 0 Å². The van der Waals surface area contributed by atoms with Gasteiger partial charge in [0.05, 0.1) is 61.4 Å². The minimum atomic E-state index is -1.82. The average molecular weight is 507 g/mol. The molecule has 0 aromatic carbocycles. The highest BCUT2D eigenvalue weighted by Crippen LogP contribution is 2.12. The van der Waals surface area contributed by atoms with Crippen LogP contribution in [-0.4, -0.2) is 70.8 Å². The van der Waals surface area contributed by atoms with E-state index in [4.69, 9.17) is 50.2 Å². The van der Waals surface area contributed by atoms with Gasteiger partial charge in [-0.1, -0.05) is 12.1 Å². The first-order chi connectivity index (χ1) is 17.4. The van der Waals surface area contributed by atoms with Gasteiger partial charge in [0.1, 0.15) is 0 Å². The van der Waals surface area contributed by atoms with Crippen LogP contribution in [0.2, 0.25) is 0 Å². The van der Waals surface area contributed by atoms with Gasteiger partial charge >= 0.3 is 11.9 Å². The first-order valence-electron chi connectivity index (χ1n) is 11.6. The van der Waals surface area contributed by atoms with Crippen molar-refractivity contribution in [2.75, 3.05) is 26.4 Å². The van der Waals surface area contributed by atoms with Gasteiger partial charge in [-0.2, -0.15) is 0 Å². The summed E-state index contributed by atoms with van der Waals surface area (Å²) in [4.78, 5) is 26.9. The van der Waals surface area contributed by atoms with E-state index in [2.05, 4.69) is 9.97 Å². The average Bonchev–Trinajstić information content (AvgIpc) is 3.62. The van der Waals surface area contributed by atoms with Crippen LogP contribution in [0.4, 0.5) is 0 Å². The van der Waals surface area contributed by atoms with Crippen molar-refractivity contribution in [1.29, 1.82) is 0 Å². The summed E-state index contributed by atoms with van der Waals surface area (Å²) in [7, 11) is 0. The van der Waals surface area contributed by atoms with E-state index in [1.54, 1.807) is 0 Å². The molecule has 4 rings (SSSR count). The predicted molar refractivity (Wildman–Crippen MR) is 128 cm³/mol. The van der Waals surface area contributed by atoms with Gasteiger partial charge in [0.2, 0.25) is 0 Å². The molecule has 2 atom stereocenters. The quantitative estimate of drug-likeness (QED) is 0.370. The lowest BCUT2D eigenvalue weighted by Crippen LogP contribution is -2.13. The predicted octanol–water partition coefficient (Wildman–Crippen LogP) is 0.847. The number of hydrogen-bond acceptors (Lipinski definition) is 10. The second kappa shape index (κ2) is 16.6. The van der Waals surface area contributed by atoms with Crippen molar-refractivity contribution < 1.29 is 38.7 Å². The zero-order valence-corrected chi connectivity index (χ0v) is 20.1. The van der Waals surface area contributed by atoms with Gasteiger partial charge in [-0.15, -0.1) is 0 Å². The molecular weight excluding hydrogens is 472 g/mol. The Morgan fingerprint density at radius 3 is 1.47 bits per heavy atom. The lowest BCUT2D eigenvalue weighted by atomic mass is 10.3. The van der Waals surface area contributed by atoms with Crippen molar-refractivity contribution >= 4 is 11.9 Å². The van der Waals surface area contributed by atoms with Gasteiger partial charge in [0.15, 0.2) is 0 Å². The molecule has 0 saturated carbocycles. The van der Waals surface area contributed by atoms with Crippen molar-refractivity contribution in [2.45, 2.75) is 51.4 Å². The third-order valence-electron chi connectivity index (χ3n) is 5.04. The molecule has 4 heterocycles. The van der Waals surface area contributed by atoms with E-state index < -0.39 is 11.9 Å². The highest BCUT2D eigenvalue weighted by molar-refractivity contribution is 6.27. The fourth-order valence-electron chi connectivity index (χ4n) is 3.14. The summed E-state index contributed by atoms with van der Waals surface area (Å²) in [6, 6.07) is 11.7. The van der Waals surface area contributed by atoms with Gasteiger partial charge < -0.3 is 40.6 Å². The SMILES string of the molecule is NCc1cccc(CO[C@H]2CCOC2)n1.NCc1cccc(CO[C@H]2CCOC2)n1.O=C(O)C(=O)O. The Hall–Kier alpha value is -3.00. The van der Waals surface area contributed by atoms with Crippen molar-refractivity contribution in [3.8, 4) is 0 Å². The van der Waals surface area contributed by atoms with E-state index >= 15 is 0 Å².